The van der Waals surface area contributed by atoms with E-state index in [2.05, 4.69) is 10.3 Å². The van der Waals surface area contributed by atoms with E-state index in [1.807, 2.05) is 16.9 Å². The van der Waals surface area contributed by atoms with Gasteiger partial charge >= 0.3 is 0 Å². The Bertz CT molecular complexity index is 567. The fourth-order valence-electron chi connectivity index (χ4n) is 2.45. The van der Waals surface area contributed by atoms with Gasteiger partial charge in [0.2, 0.25) is 0 Å². The van der Waals surface area contributed by atoms with Crippen molar-refractivity contribution in [3.63, 3.8) is 0 Å². The van der Waals surface area contributed by atoms with Crippen LogP contribution in [0.15, 0.2) is 36.7 Å². The van der Waals surface area contributed by atoms with Crippen molar-refractivity contribution in [3.05, 3.63) is 52.3 Å². The minimum absolute atomic E-state index is 0.150. The molecule has 1 aliphatic rings. The summed E-state index contributed by atoms with van der Waals surface area (Å²) in [5.41, 5.74) is 1.16. The second-order valence-electron chi connectivity index (χ2n) is 4.49. The summed E-state index contributed by atoms with van der Waals surface area (Å²) in [6.45, 7) is 0. The van der Waals surface area contributed by atoms with E-state index in [1.165, 1.54) is 6.07 Å². The van der Waals surface area contributed by atoms with Crippen LogP contribution in [-0.4, -0.2) is 19.9 Å². The molecule has 0 bridgehead atoms. The molecule has 1 fully saturated rings. The summed E-state index contributed by atoms with van der Waals surface area (Å²) in [4.78, 5) is 10.4. The van der Waals surface area contributed by atoms with Gasteiger partial charge in [0.25, 0.3) is 5.69 Å². The molecule has 1 aliphatic carbocycles. The van der Waals surface area contributed by atoms with Crippen LogP contribution in [0.5, 0.6) is 0 Å². The van der Waals surface area contributed by atoms with Crippen LogP contribution in [0.4, 0.5) is 5.69 Å². The maximum atomic E-state index is 10.8. The average molecular weight is 244 g/mol. The Morgan fingerprint density at radius 2 is 2.28 bits per heavy atom. The molecule has 0 spiro atoms. The van der Waals surface area contributed by atoms with Crippen molar-refractivity contribution in [2.75, 3.05) is 0 Å². The summed E-state index contributed by atoms with van der Waals surface area (Å²) < 4.78 is 1.84. The zero-order valence-corrected chi connectivity index (χ0v) is 9.64. The first-order chi connectivity index (χ1) is 8.75. The van der Waals surface area contributed by atoms with E-state index in [-0.39, 0.29) is 16.7 Å². The van der Waals surface area contributed by atoms with Gasteiger partial charge in [0.1, 0.15) is 0 Å². The molecule has 1 saturated carbocycles. The number of nitrogens with zero attached hydrogens (tertiary/aromatic N) is 4. The molecular weight excluding hydrogens is 232 g/mol. The van der Waals surface area contributed by atoms with Gasteiger partial charge in [0, 0.05) is 24.2 Å². The highest BCUT2D eigenvalue weighted by Crippen LogP contribution is 2.45. The minimum Gasteiger partial charge on any atom is -0.258 e. The third-order valence-electron chi connectivity index (χ3n) is 3.53. The highest BCUT2D eigenvalue weighted by molar-refractivity contribution is 5.37. The second-order valence-corrected chi connectivity index (χ2v) is 4.49. The normalized spacial score (nSPS) is 22.4. The molecule has 92 valence electrons. The van der Waals surface area contributed by atoms with Crippen LogP contribution in [0.3, 0.4) is 0 Å². The molecule has 2 unspecified atom stereocenters. The molecule has 1 aromatic heterocycles. The lowest BCUT2D eigenvalue weighted by atomic mass is 9.75. The predicted octanol–water partition coefficient (Wildman–Crippen LogP) is 2.30. The van der Waals surface area contributed by atoms with Gasteiger partial charge in [-0.1, -0.05) is 17.3 Å². The summed E-state index contributed by atoms with van der Waals surface area (Å²) in [6.07, 6.45) is 5.57. The number of aromatic nitrogens is 3. The van der Waals surface area contributed by atoms with Crippen LogP contribution in [0.25, 0.3) is 0 Å². The fraction of sp³-hybridized carbons (Fsp3) is 0.333. The van der Waals surface area contributed by atoms with E-state index >= 15 is 0 Å². The lowest BCUT2D eigenvalue weighted by Gasteiger charge is -2.36. The van der Waals surface area contributed by atoms with Crippen molar-refractivity contribution in [2.45, 2.75) is 24.8 Å². The lowest BCUT2D eigenvalue weighted by molar-refractivity contribution is -0.384. The zero-order valence-electron chi connectivity index (χ0n) is 9.64. The third-order valence-corrected chi connectivity index (χ3v) is 3.53. The third kappa shape index (κ3) is 1.75. The molecular formula is C12H12N4O2. The number of rotatable bonds is 3. The Morgan fingerprint density at radius 1 is 1.39 bits per heavy atom. The van der Waals surface area contributed by atoms with Crippen molar-refractivity contribution in [1.82, 2.24) is 15.0 Å². The van der Waals surface area contributed by atoms with Crippen LogP contribution in [0.2, 0.25) is 0 Å². The summed E-state index contributed by atoms with van der Waals surface area (Å²) in [7, 11) is 0. The highest BCUT2D eigenvalue weighted by atomic mass is 16.6. The predicted molar refractivity (Wildman–Crippen MR) is 64.1 cm³/mol. The molecule has 0 radical (unpaired) electrons. The van der Waals surface area contributed by atoms with Gasteiger partial charge in [-0.25, -0.2) is 4.68 Å². The fourth-order valence-corrected chi connectivity index (χ4v) is 2.45. The summed E-state index contributed by atoms with van der Waals surface area (Å²) in [5.74, 6) is 0.298. The summed E-state index contributed by atoms with van der Waals surface area (Å²) in [6, 6.07) is 7.14. The van der Waals surface area contributed by atoms with Crippen LogP contribution in [0, 0.1) is 10.1 Å². The molecule has 2 atom stereocenters. The standard InChI is InChI=1S/C12H12N4O2/c17-16(18)10-3-1-2-9(8-10)11-4-5-12(11)15-7-6-13-14-15/h1-3,6-8,11-12H,4-5H2. The first-order valence-corrected chi connectivity index (χ1v) is 5.86. The van der Waals surface area contributed by atoms with Crippen molar-refractivity contribution in [1.29, 1.82) is 0 Å². The number of benzene rings is 1. The maximum absolute atomic E-state index is 10.8. The molecule has 18 heavy (non-hydrogen) atoms. The van der Waals surface area contributed by atoms with Gasteiger partial charge in [-0.2, -0.15) is 0 Å². The van der Waals surface area contributed by atoms with Gasteiger partial charge in [-0.3, -0.25) is 10.1 Å². The van der Waals surface area contributed by atoms with Crippen molar-refractivity contribution < 1.29 is 4.92 Å². The van der Waals surface area contributed by atoms with Crippen LogP contribution in [0.1, 0.15) is 30.4 Å². The van der Waals surface area contributed by atoms with Gasteiger partial charge in [-0.15, -0.1) is 5.10 Å². The van der Waals surface area contributed by atoms with Crippen LogP contribution in [-0.2, 0) is 0 Å². The van der Waals surface area contributed by atoms with Gasteiger partial charge < -0.3 is 0 Å². The molecule has 0 amide bonds. The molecule has 6 heteroatoms. The summed E-state index contributed by atoms with van der Waals surface area (Å²) >= 11 is 0. The monoisotopic (exact) mass is 244 g/mol. The second kappa shape index (κ2) is 4.21. The average Bonchev–Trinajstić information content (AvgIpc) is 2.81. The SMILES string of the molecule is O=[N+]([O-])c1cccc(C2CCC2n2ccnn2)c1. The smallest absolute Gasteiger partial charge is 0.258 e. The van der Waals surface area contributed by atoms with E-state index < -0.39 is 0 Å². The van der Waals surface area contributed by atoms with E-state index in [0.717, 1.165) is 18.4 Å². The topological polar surface area (TPSA) is 73.8 Å². The number of nitro benzene ring substituents is 1. The minimum atomic E-state index is -0.355. The maximum Gasteiger partial charge on any atom is 0.269 e. The molecule has 3 rings (SSSR count). The quantitative estimate of drug-likeness (QED) is 0.613. The molecule has 6 nitrogen and oxygen atoms in total. The number of hydrogen-bond acceptors (Lipinski definition) is 4. The lowest BCUT2D eigenvalue weighted by Crippen LogP contribution is -2.27. The Labute approximate surface area is 103 Å². The van der Waals surface area contributed by atoms with Gasteiger partial charge in [0.05, 0.1) is 17.2 Å². The molecule has 0 saturated heterocycles. The van der Waals surface area contributed by atoms with Crippen LogP contribution < -0.4 is 0 Å². The zero-order chi connectivity index (χ0) is 12.5. The first-order valence-electron chi connectivity index (χ1n) is 5.86. The molecule has 0 N–H and O–H groups in total. The van der Waals surface area contributed by atoms with E-state index in [1.54, 1.807) is 18.3 Å². The molecule has 1 aromatic carbocycles. The van der Waals surface area contributed by atoms with E-state index in [4.69, 9.17) is 0 Å². The number of nitro groups is 1. The van der Waals surface area contributed by atoms with Crippen LogP contribution >= 0.6 is 0 Å². The number of non-ortho nitro benzene ring substituents is 1. The van der Waals surface area contributed by atoms with Gasteiger partial charge in [0.15, 0.2) is 0 Å². The Balaban J connectivity index is 1.87. The van der Waals surface area contributed by atoms with E-state index in [0.29, 0.717) is 5.92 Å². The van der Waals surface area contributed by atoms with E-state index in [9.17, 15) is 10.1 Å². The largest absolute Gasteiger partial charge is 0.269 e. The molecule has 1 heterocycles. The summed E-state index contributed by atoms with van der Waals surface area (Å²) in [5, 5.41) is 18.6. The van der Waals surface area contributed by atoms with Crippen molar-refractivity contribution in [2.24, 2.45) is 0 Å². The Morgan fingerprint density at radius 3 is 2.89 bits per heavy atom. The van der Waals surface area contributed by atoms with Gasteiger partial charge in [-0.05, 0) is 18.4 Å². The Hall–Kier alpha value is -2.24. The van der Waals surface area contributed by atoms with Crippen molar-refractivity contribution >= 4 is 5.69 Å². The Kier molecular flexibility index (Phi) is 2.55. The molecule has 2 aromatic rings. The first kappa shape index (κ1) is 10.9. The van der Waals surface area contributed by atoms with Crippen molar-refractivity contribution in [3.8, 4) is 0 Å². The highest BCUT2D eigenvalue weighted by Gasteiger charge is 2.34. The number of hydrogen-bond donors (Lipinski definition) is 0. The molecule has 0 aliphatic heterocycles.